The Labute approximate surface area is 148 Å². The van der Waals surface area contributed by atoms with Gasteiger partial charge in [-0.15, -0.1) is 0 Å². The summed E-state index contributed by atoms with van der Waals surface area (Å²) < 4.78 is 0. The van der Waals surface area contributed by atoms with E-state index in [-0.39, 0.29) is 11.2 Å². The molecule has 1 atom stereocenters. The minimum absolute atomic E-state index is 0.104. The quantitative estimate of drug-likeness (QED) is 0.896. The second-order valence-corrected chi connectivity index (χ2v) is 7.83. The van der Waals surface area contributed by atoms with Crippen LogP contribution in [-0.4, -0.2) is 34.3 Å². The first-order valence-corrected chi connectivity index (χ1v) is 9.52. The Morgan fingerprint density at radius 3 is 2.79 bits per heavy atom. The van der Waals surface area contributed by atoms with Crippen LogP contribution < -0.4 is 5.32 Å². The van der Waals surface area contributed by atoms with E-state index in [0.717, 1.165) is 35.0 Å². The Kier molecular flexibility index (Phi) is 5.29. The van der Waals surface area contributed by atoms with Gasteiger partial charge in [0.1, 0.15) is 0 Å². The highest BCUT2D eigenvalue weighted by molar-refractivity contribution is 8.14. The molecule has 0 saturated heterocycles. The molecule has 1 aliphatic heterocycles. The van der Waals surface area contributed by atoms with E-state index in [0.29, 0.717) is 6.04 Å². The van der Waals surface area contributed by atoms with E-state index in [1.54, 1.807) is 0 Å². The zero-order chi connectivity index (χ0) is 17.1. The SMILES string of the molecule is C=C1c2ccccc2N=C(S[C@H](C)C(=O)NC2CCCCC2)N1C. The van der Waals surface area contributed by atoms with Crippen LogP contribution in [0.4, 0.5) is 5.69 Å². The fourth-order valence-corrected chi connectivity index (χ4v) is 4.08. The average molecular weight is 343 g/mol. The Balaban J connectivity index is 1.67. The summed E-state index contributed by atoms with van der Waals surface area (Å²) in [6.45, 7) is 6.11. The molecule has 128 valence electrons. The summed E-state index contributed by atoms with van der Waals surface area (Å²) in [5.74, 6) is 0.104. The molecule has 1 aromatic rings. The van der Waals surface area contributed by atoms with Gasteiger partial charge in [0, 0.05) is 24.4 Å². The van der Waals surface area contributed by atoms with Gasteiger partial charge in [0.15, 0.2) is 5.17 Å². The summed E-state index contributed by atoms with van der Waals surface area (Å²) in [5.41, 5.74) is 2.88. The van der Waals surface area contributed by atoms with Crippen LogP contribution in [0.5, 0.6) is 0 Å². The maximum atomic E-state index is 12.5. The molecule has 0 radical (unpaired) electrons. The number of aliphatic imine (C=N–C) groups is 1. The van der Waals surface area contributed by atoms with E-state index in [1.807, 2.05) is 43.1 Å². The number of hydrogen-bond acceptors (Lipinski definition) is 4. The monoisotopic (exact) mass is 343 g/mol. The third-order valence-corrected chi connectivity index (χ3v) is 5.87. The Morgan fingerprint density at radius 2 is 2.04 bits per heavy atom. The van der Waals surface area contributed by atoms with Crippen LogP contribution >= 0.6 is 11.8 Å². The largest absolute Gasteiger partial charge is 0.352 e. The zero-order valence-electron chi connectivity index (χ0n) is 14.4. The normalized spacial score (nSPS) is 19.5. The van der Waals surface area contributed by atoms with E-state index in [2.05, 4.69) is 11.9 Å². The van der Waals surface area contributed by atoms with Crippen LogP contribution in [-0.2, 0) is 4.79 Å². The molecule has 0 aromatic heterocycles. The predicted octanol–water partition coefficient (Wildman–Crippen LogP) is 4.16. The lowest BCUT2D eigenvalue weighted by molar-refractivity contribution is -0.121. The number of benzene rings is 1. The molecule has 1 aliphatic carbocycles. The number of carbonyl (C=O) groups excluding carboxylic acids is 1. The van der Waals surface area contributed by atoms with Crippen molar-refractivity contribution in [3.63, 3.8) is 0 Å². The van der Waals surface area contributed by atoms with E-state index in [9.17, 15) is 4.79 Å². The van der Waals surface area contributed by atoms with Crippen molar-refractivity contribution in [1.29, 1.82) is 0 Å². The predicted molar refractivity (Wildman–Crippen MR) is 102 cm³/mol. The van der Waals surface area contributed by atoms with Gasteiger partial charge in [-0.1, -0.05) is 55.8 Å². The number of carbonyl (C=O) groups is 1. The van der Waals surface area contributed by atoms with Gasteiger partial charge in [0.05, 0.1) is 10.9 Å². The third kappa shape index (κ3) is 3.66. The van der Waals surface area contributed by atoms with E-state index in [4.69, 9.17) is 4.99 Å². The minimum atomic E-state index is -0.175. The molecule has 0 unspecified atom stereocenters. The molecule has 1 fully saturated rings. The Hall–Kier alpha value is -1.75. The van der Waals surface area contributed by atoms with Gasteiger partial charge in [0.2, 0.25) is 5.91 Å². The van der Waals surface area contributed by atoms with Crippen LogP contribution in [0.2, 0.25) is 0 Å². The number of amidine groups is 1. The number of nitrogens with one attached hydrogen (secondary N) is 1. The fraction of sp³-hybridized carbons (Fsp3) is 0.474. The van der Waals surface area contributed by atoms with Crippen LogP contribution in [0, 0.1) is 0 Å². The molecule has 5 heteroatoms. The van der Waals surface area contributed by atoms with Gasteiger partial charge in [0.25, 0.3) is 0 Å². The van der Waals surface area contributed by atoms with Crippen molar-refractivity contribution in [3.05, 3.63) is 36.4 Å². The van der Waals surface area contributed by atoms with Crippen molar-refractivity contribution < 1.29 is 4.79 Å². The molecule has 1 aromatic carbocycles. The summed E-state index contributed by atoms with van der Waals surface area (Å²) in [6.07, 6.45) is 5.94. The number of thioether (sulfide) groups is 1. The molecular formula is C19H25N3OS. The molecule has 1 amide bonds. The van der Waals surface area contributed by atoms with E-state index < -0.39 is 0 Å². The number of fused-ring (bicyclic) bond motifs is 1. The second kappa shape index (κ2) is 7.43. The first-order chi connectivity index (χ1) is 11.6. The Bertz CT molecular complexity index is 664. The van der Waals surface area contributed by atoms with Gasteiger partial charge in [-0.3, -0.25) is 4.79 Å². The summed E-state index contributed by atoms with van der Waals surface area (Å²) in [6, 6.07) is 8.32. The summed E-state index contributed by atoms with van der Waals surface area (Å²) in [5, 5.41) is 3.85. The molecule has 0 bridgehead atoms. The summed E-state index contributed by atoms with van der Waals surface area (Å²) in [4.78, 5) is 19.2. The highest BCUT2D eigenvalue weighted by Gasteiger charge is 2.26. The van der Waals surface area contributed by atoms with Crippen LogP contribution in [0.1, 0.15) is 44.6 Å². The molecule has 1 N–H and O–H groups in total. The first-order valence-electron chi connectivity index (χ1n) is 8.64. The van der Waals surface area contributed by atoms with Crippen molar-refractivity contribution in [2.75, 3.05) is 7.05 Å². The highest BCUT2D eigenvalue weighted by Crippen LogP contribution is 2.35. The average Bonchev–Trinajstić information content (AvgIpc) is 2.60. The first kappa shape index (κ1) is 17.1. The minimum Gasteiger partial charge on any atom is -0.352 e. The molecule has 1 heterocycles. The number of hydrogen-bond donors (Lipinski definition) is 1. The van der Waals surface area contributed by atoms with Crippen molar-refractivity contribution in [2.24, 2.45) is 4.99 Å². The Morgan fingerprint density at radius 1 is 1.33 bits per heavy atom. The molecule has 0 spiro atoms. The van der Waals surface area contributed by atoms with Gasteiger partial charge in [-0.2, -0.15) is 0 Å². The highest BCUT2D eigenvalue weighted by atomic mass is 32.2. The lowest BCUT2D eigenvalue weighted by Crippen LogP contribution is -2.41. The van der Waals surface area contributed by atoms with Crippen molar-refractivity contribution in [1.82, 2.24) is 10.2 Å². The number of para-hydroxylation sites is 1. The molecule has 24 heavy (non-hydrogen) atoms. The van der Waals surface area contributed by atoms with Crippen LogP contribution in [0.25, 0.3) is 5.70 Å². The second-order valence-electron chi connectivity index (χ2n) is 6.52. The topological polar surface area (TPSA) is 44.7 Å². The standard InChI is InChI=1S/C19H25N3OS/c1-13-16-11-7-8-12-17(16)21-19(22(13)3)24-14(2)18(23)20-15-9-5-4-6-10-15/h7-8,11-12,14-15H,1,4-6,9-10H2,2-3H3,(H,20,23)/t14-/m1/s1. The zero-order valence-corrected chi connectivity index (χ0v) is 15.2. The van der Waals surface area contributed by atoms with Crippen LogP contribution in [0.3, 0.4) is 0 Å². The summed E-state index contributed by atoms with van der Waals surface area (Å²) >= 11 is 1.50. The molecule has 4 nitrogen and oxygen atoms in total. The maximum absolute atomic E-state index is 12.5. The summed E-state index contributed by atoms with van der Waals surface area (Å²) in [7, 11) is 1.95. The van der Waals surface area contributed by atoms with Gasteiger partial charge in [-0.05, 0) is 25.8 Å². The van der Waals surface area contributed by atoms with E-state index >= 15 is 0 Å². The molecular weight excluding hydrogens is 318 g/mol. The van der Waals surface area contributed by atoms with Crippen molar-refractivity contribution >= 4 is 34.2 Å². The number of amides is 1. The van der Waals surface area contributed by atoms with Crippen molar-refractivity contribution in [2.45, 2.75) is 50.3 Å². The molecule has 1 saturated carbocycles. The van der Waals surface area contributed by atoms with Gasteiger partial charge < -0.3 is 10.2 Å². The fourth-order valence-electron chi connectivity index (χ4n) is 3.17. The molecule has 2 aliphatic rings. The lowest BCUT2D eigenvalue weighted by Gasteiger charge is -2.30. The lowest BCUT2D eigenvalue weighted by atomic mass is 9.95. The van der Waals surface area contributed by atoms with Crippen molar-refractivity contribution in [3.8, 4) is 0 Å². The van der Waals surface area contributed by atoms with Crippen LogP contribution in [0.15, 0.2) is 35.8 Å². The van der Waals surface area contributed by atoms with Gasteiger partial charge >= 0.3 is 0 Å². The van der Waals surface area contributed by atoms with Gasteiger partial charge in [-0.25, -0.2) is 4.99 Å². The smallest absolute Gasteiger partial charge is 0.233 e. The third-order valence-electron chi connectivity index (χ3n) is 4.73. The number of rotatable bonds is 3. The molecule has 3 rings (SSSR count). The number of nitrogens with zero attached hydrogens (tertiary/aromatic N) is 2. The maximum Gasteiger partial charge on any atom is 0.233 e. The van der Waals surface area contributed by atoms with E-state index in [1.165, 1.54) is 31.0 Å².